The minimum Gasteiger partial charge on any atom is -0.425 e. The molecule has 0 bridgehead atoms. The first-order valence-corrected chi connectivity index (χ1v) is 5.47. The highest BCUT2D eigenvalue weighted by Crippen LogP contribution is 2.13. The van der Waals surface area contributed by atoms with Gasteiger partial charge in [-0.2, -0.15) is 0 Å². The van der Waals surface area contributed by atoms with Gasteiger partial charge in [-0.25, -0.2) is 4.79 Å². The highest BCUT2D eigenvalue weighted by molar-refractivity contribution is 5.78. The lowest BCUT2D eigenvalue weighted by molar-refractivity contribution is -0.757. The Balaban J connectivity index is 2.47. The number of nitrogens with zero attached hydrogens (tertiary/aromatic N) is 1. The largest absolute Gasteiger partial charge is 0.425 e. The van der Waals surface area contributed by atoms with E-state index in [1.54, 1.807) is 12.1 Å². The smallest absolute Gasteiger partial charge is 0.330 e. The molecule has 0 fully saturated rings. The molecule has 0 aliphatic carbocycles. The maximum absolute atomic E-state index is 11.3. The van der Waals surface area contributed by atoms with E-state index in [9.17, 15) is 14.9 Å². The van der Waals surface area contributed by atoms with Gasteiger partial charge >= 0.3 is 5.97 Å². The molecule has 1 aromatic rings. The second kappa shape index (κ2) is 7.29. The summed E-state index contributed by atoms with van der Waals surface area (Å²) in [4.78, 5) is 25.4. The molecule has 0 amide bonds. The fraction of sp³-hybridized carbons (Fsp3) is 0.364. The average molecular weight is 270 g/mol. The van der Waals surface area contributed by atoms with Crippen LogP contribution in [-0.4, -0.2) is 35.4 Å². The van der Waals surface area contributed by atoms with Crippen molar-refractivity contribution in [2.24, 2.45) is 5.73 Å². The Morgan fingerprint density at radius 1 is 1.42 bits per heavy atom. The third kappa shape index (κ3) is 5.32. The van der Waals surface area contributed by atoms with Crippen LogP contribution in [0.3, 0.4) is 0 Å². The van der Waals surface area contributed by atoms with Crippen LogP contribution in [0.1, 0.15) is 5.56 Å². The number of carbonyl (C=O) groups excluding carboxylic acids is 1. The summed E-state index contributed by atoms with van der Waals surface area (Å²) in [5.74, 6) is -0.445. The highest BCUT2D eigenvalue weighted by Gasteiger charge is 2.14. The van der Waals surface area contributed by atoms with Crippen LogP contribution < -0.4 is 10.5 Å². The van der Waals surface area contributed by atoms with E-state index in [-0.39, 0.29) is 12.4 Å². The van der Waals surface area contributed by atoms with Crippen LogP contribution in [0.5, 0.6) is 5.75 Å². The van der Waals surface area contributed by atoms with E-state index in [1.807, 2.05) is 0 Å². The lowest BCUT2D eigenvalue weighted by Crippen LogP contribution is -2.37. The van der Waals surface area contributed by atoms with E-state index in [2.05, 4.69) is 4.84 Å². The zero-order valence-electron chi connectivity index (χ0n) is 10.0. The second-order valence-corrected chi connectivity index (χ2v) is 3.66. The number of aliphatic hydroxyl groups excluding tert-OH is 1. The number of hydrogen-bond acceptors (Lipinski definition) is 7. The molecule has 1 rings (SSSR count). The fourth-order valence-corrected chi connectivity index (χ4v) is 1.23. The van der Waals surface area contributed by atoms with E-state index < -0.39 is 23.7 Å². The molecule has 0 aliphatic rings. The molecule has 1 aromatic carbocycles. The Morgan fingerprint density at radius 2 is 2.05 bits per heavy atom. The number of ether oxygens (including phenoxy) is 1. The van der Waals surface area contributed by atoms with Gasteiger partial charge in [-0.3, -0.25) is 0 Å². The summed E-state index contributed by atoms with van der Waals surface area (Å²) < 4.78 is 4.90. The Hall–Kier alpha value is -2.19. The maximum Gasteiger partial charge on any atom is 0.330 e. The molecular formula is C11H14N2O6. The number of rotatable bonds is 7. The Bertz CT molecular complexity index is 433. The van der Waals surface area contributed by atoms with Crippen molar-refractivity contribution in [3.05, 3.63) is 39.9 Å². The molecule has 0 radical (unpaired) electrons. The van der Waals surface area contributed by atoms with Gasteiger partial charge in [0.2, 0.25) is 0 Å². The first-order valence-electron chi connectivity index (χ1n) is 5.47. The van der Waals surface area contributed by atoms with Crippen LogP contribution in [0.15, 0.2) is 24.3 Å². The van der Waals surface area contributed by atoms with Crippen LogP contribution in [0.2, 0.25) is 0 Å². The Labute approximate surface area is 108 Å². The third-order valence-corrected chi connectivity index (χ3v) is 2.23. The van der Waals surface area contributed by atoms with Gasteiger partial charge in [-0.05, 0) is 24.1 Å². The predicted molar refractivity (Wildman–Crippen MR) is 63.8 cm³/mol. The van der Waals surface area contributed by atoms with Crippen molar-refractivity contribution in [2.45, 2.75) is 12.5 Å². The molecular weight excluding hydrogens is 256 g/mol. The van der Waals surface area contributed by atoms with Crippen LogP contribution in [0.25, 0.3) is 0 Å². The van der Waals surface area contributed by atoms with Crippen molar-refractivity contribution >= 4 is 5.97 Å². The van der Waals surface area contributed by atoms with Crippen molar-refractivity contribution in [1.82, 2.24) is 0 Å². The lowest BCUT2D eigenvalue weighted by atomic mass is 10.1. The van der Waals surface area contributed by atoms with Crippen LogP contribution >= 0.6 is 0 Å². The highest BCUT2D eigenvalue weighted by atomic mass is 16.9. The number of esters is 1. The zero-order valence-corrected chi connectivity index (χ0v) is 10.0. The Kier molecular flexibility index (Phi) is 5.71. The number of nitrogens with two attached hydrogens (primary N) is 1. The second-order valence-electron chi connectivity index (χ2n) is 3.66. The van der Waals surface area contributed by atoms with Gasteiger partial charge in [-0.1, -0.05) is 12.1 Å². The van der Waals surface area contributed by atoms with Crippen molar-refractivity contribution in [1.29, 1.82) is 0 Å². The van der Waals surface area contributed by atoms with Crippen LogP contribution in [-0.2, 0) is 16.1 Å². The normalized spacial score (nSPS) is 11.7. The molecule has 1 atom stereocenters. The average Bonchev–Trinajstić information content (AvgIpc) is 2.39. The van der Waals surface area contributed by atoms with E-state index in [1.165, 1.54) is 12.1 Å². The van der Waals surface area contributed by atoms with Crippen LogP contribution in [0, 0.1) is 10.1 Å². The molecule has 0 saturated carbocycles. The summed E-state index contributed by atoms with van der Waals surface area (Å²) in [6.45, 7) is -0.531. The minimum atomic E-state index is -1.08. The van der Waals surface area contributed by atoms with E-state index in [4.69, 9.17) is 15.6 Å². The molecule has 0 spiro atoms. The fourth-order valence-electron chi connectivity index (χ4n) is 1.23. The summed E-state index contributed by atoms with van der Waals surface area (Å²) in [5.41, 5.74) is 6.08. The van der Waals surface area contributed by atoms with Crippen molar-refractivity contribution in [3.8, 4) is 5.75 Å². The van der Waals surface area contributed by atoms with Crippen molar-refractivity contribution in [2.75, 3.05) is 13.2 Å². The first-order chi connectivity index (χ1) is 9.02. The molecule has 19 heavy (non-hydrogen) atoms. The van der Waals surface area contributed by atoms with E-state index >= 15 is 0 Å². The summed E-state index contributed by atoms with van der Waals surface area (Å²) >= 11 is 0. The minimum absolute atomic E-state index is 0.0402. The van der Waals surface area contributed by atoms with Gasteiger partial charge in [0.25, 0.3) is 5.09 Å². The maximum atomic E-state index is 11.3. The molecule has 3 N–H and O–H groups in total. The molecule has 0 aromatic heterocycles. The van der Waals surface area contributed by atoms with Gasteiger partial charge in [0.15, 0.2) is 0 Å². The SMILES string of the molecule is NC(CO)C(=O)Oc1ccc(CCO[N+](=O)[O-])cc1. The summed E-state index contributed by atoms with van der Waals surface area (Å²) in [6, 6.07) is 5.29. The van der Waals surface area contributed by atoms with Gasteiger partial charge < -0.3 is 20.4 Å². The number of aliphatic hydroxyl groups is 1. The van der Waals surface area contributed by atoms with Crippen LogP contribution in [0.4, 0.5) is 0 Å². The zero-order chi connectivity index (χ0) is 14.3. The summed E-state index contributed by atoms with van der Waals surface area (Å²) in [6.07, 6.45) is 0.366. The Morgan fingerprint density at radius 3 is 2.58 bits per heavy atom. The molecule has 0 heterocycles. The molecule has 0 aliphatic heterocycles. The quantitative estimate of drug-likeness (QED) is 0.300. The number of hydrogen-bond donors (Lipinski definition) is 2. The molecule has 0 saturated heterocycles. The van der Waals surface area contributed by atoms with Gasteiger partial charge in [0.05, 0.1) is 6.61 Å². The van der Waals surface area contributed by atoms with Crippen molar-refractivity contribution in [3.63, 3.8) is 0 Å². The monoisotopic (exact) mass is 270 g/mol. The molecule has 8 heteroatoms. The van der Waals surface area contributed by atoms with Gasteiger partial charge in [0, 0.05) is 0 Å². The molecule has 8 nitrogen and oxygen atoms in total. The first kappa shape index (κ1) is 14.9. The third-order valence-electron chi connectivity index (χ3n) is 2.23. The van der Waals surface area contributed by atoms with Gasteiger partial charge in [-0.15, -0.1) is 10.1 Å². The van der Waals surface area contributed by atoms with E-state index in [0.717, 1.165) is 5.56 Å². The summed E-state index contributed by atoms with van der Waals surface area (Å²) in [7, 11) is 0. The van der Waals surface area contributed by atoms with E-state index in [0.29, 0.717) is 6.42 Å². The number of benzene rings is 1. The number of carbonyl (C=O) groups is 1. The van der Waals surface area contributed by atoms with Crippen molar-refractivity contribution < 1.29 is 24.6 Å². The molecule has 1 unspecified atom stereocenters. The standard InChI is InChI=1S/C11H14N2O6/c12-10(7-14)11(15)19-9-3-1-8(2-4-9)5-6-18-13(16)17/h1-4,10,14H,5-7,12H2. The summed E-state index contributed by atoms with van der Waals surface area (Å²) in [5, 5.41) is 17.8. The van der Waals surface area contributed by atoms with Gasteiger partial charge in [0.1, 0.15) is 18.4 Å². The topological polar surface area (TPSA) is 125 Å². The molecule has 104 valence electrons. The predicted octanol–water partition coefficient (Wildman–Crippen LogP) is -0.338. The lowest BCUT2D eigenvalue weighted by Gasteiger charge is -2.08.